The van der Waals surface area contributed by atoms with Gasteiger partial charge in [0, 0.05) is 6.20 Å². The van der Waals surface area contributed by atoms with E-state index in [-0.39, 0.29) is 12.4 Å². The van der Waals surface area contributed by atoms with Gasteiger partial charge in [0.05, 0.1) is 11.3 Å². The van der Waals surface area contributed by atoms with Crippen LogP contribution < -0.4 is 0 Å². The fraction of sp³-hybridized carbons (Fsp3) is 0.143. The molecule has 2 rings (SSSR count). The van der Waals surface area contributed by atoms with Gasteiger partial charge in [-0.2, -0.15) is 0 Å². The molecule has 0 aliphatic carbocycles. The second-order valence-corrected chi connectivity index (χ2v) is 3.40. The predicted molar refractivity (Wildman–Crippen MR) is 79.7 cm³/mol. The van der Waals surface area contributed by atoms with Crippen molar-refractivity contribution in [1.82, 2.24) is 4.98 Å². The second-order valence-electron chi connectivity index (χ2n) is 3.40. The molecular weight excluding hydrogens is 360 g/mol. The van der Waals surface area contributed by atoms with Gasteiger partial charge in [0.1, 0.15) is 12.4 Å². The van der Waals surface area contributed by atoms with Gasteiger partial charge in [0.25, 0.3) is 0 Å². The first-order valence-corrected chi connectivity index (χ1v) is 7.62. The van der Waals surface area contributed by atoms with Crippen molar-refractivity contribution in [2.45, 2.75) is 6.61 Å². The maximum atomic E-state index is 12.6. The Hall–Kier alpha value is -1.50. The van der Waals surface area contributed by atoms with Gasteiger partial charge in [0.2, 0.25) is 0 Å². The fourth-order valence-electron chi connectivity index (χ4n) is 1.29. The number of aromatic nitrogens is 1. The van der Waals surface area contributed by atoms with Gasteiger partial charge < -0.3 is 4.74 Å². The van der Waals surface area contributed by atoms with Crippen molar-refractivity contribution in [2.24, 2.45) is 0 Å². The van der Waals surface area contributed by atoms with Gasteiger partial charge in [-0.25, -0.2) is 9.18 Å². The summed E-state index contributed by atoms with van der Waals surface area (Å²) in [6.45, 7) is 0.108. The number of esters is 1. The Morgan fingerprint density at radius 3 is 2.47 bits per heavy atom. The number of carbonyl (C=O) groups excluding carboxylic acids is 1. The maximum Gasteiger partial charge on any atom is 0.338 e. The van der Waals surface area contributed by atoms with Crippen molar-refractivity contribution in [1.29, 1.82) is 0 Å². The van der Waals surface area contributed by atoms with E-state index >= 15 is 0 Å². The molecule has 0 radical (unpaired) electrons. The van der Waals surface area contributed by atoms with Crippen LogP contribution in [0, 0.1) is 5.82 Å². The summed E-state index contributed by atoms with van der Waals surface area (Å²) in [5.74, 6) is -0.873. The topological polar surface area (TPSA) is 39.2 Å². The van der Waals surface area contributed by atoms with E-state index in [1.54, 1.807) is 18.3 Å². The van der Waals surface area contributed by atoms with Gasteiger partial charge in [0.15, 0.2) is 0 Å². The number of hydrogen-bond acceptors (Lipinski definition) is 3. The zero-order valence-corrected chi connectivity index (χ0v) is 12.5. The molecule has 0 amide bonds. The molecule has 19 heavy (non-hydrogen) atoms. The molecule has 0 bridgehead atoms. The number of alkyl halides is 1. The summed E-state index contributed by atoms with van der Waals surface area (Å²) in [5, 5.41) is 0. The molecule has 0 aliphatic heterocycles. The number of halogens is 2. The van der Waals surface area contributed by atoms with E-state index < -0.39 is 5.97 Å². The Bertz CT molecular complexity index is 503. The number of nitrogens with zero attached hydrogens (tertiary/aromatic N) is 1. The van der Waals surface area contributed by atoms with E-state index in [1.807, 2.05) is 11.0 Å². The summed E-state index contributed by atoms with van der Waals surface area (Å²) in [6, 6.07) is 10.6. The smallest absolute Gasteiger partial charge is 0.338 e. The van der Waals surface area contributed by atoms with Crippen molar-refractivity contribution < 1.29 is 13.9 Å². The van der Waals surface area contributed by atoms with Crippen molar-refractivity contribution in [3.63, 3.8) is 0 Å². The summed E-state index contributed by atoms with van der Waals surface area (Å²) in [4.78, 5) is 17.5. The van der Waals surface area contributed by atoms with Gasteiger partial charge in [-0.3, -0.25) is 4.98 Å². The van der Waals surface area contributed by atoms with Crippen LogP contribution in [0.5, 0.6) is 0 Å². The zero-order chi connectivity index (χ0) is 14.1. The van der Waals surface area contributed by atoms with Crippen LogP contribution in [0.25, 0.3) is 0 Å². The predicted octanol–water partition coefficient (Wildman–Crippen LogP) is 3.63. The van der Waals surface area contributed by atoms with Crippen molar-refractivity contribution >= 4 is 28.6 Å². The molecule has 0 N–H and O–H groups in total. The zero-order valence-electron chi connectivity index (χ0n) is 10.3. The molecular formula is C14H13FINO2. The third kappa shape index (κ3) is 5.34. The van der Waals surface area contributed by atoms with E-state index in [0.717, 1.165) is 0 Å². The lowest BCUT2D eigenvalue weighted by molar-refractivity contribution is 0.0467. The average molecular weight is 373 g/mol. The highest BCUT2D eigenvalue weighted by Gasteiger charge is 2.07. The third-order valence-electron chi connectivity index (χ3n) is 2.16. The first kappa shape index (κ1) is 15.6. The van der Waals surface area contributed by atoms with E-state index in [9.17, 15) is 9.18 Å². The minimum absolute atomic E-state index is 0.108. The van der Waals surface area contributed by atoms with Gasteiger partial charge in [-0.1, -0.05) is 28.7 Å². The molecule has 1 heterocycles. The van der Waals surface area contributed by atoms with Crippen LogP contribution in [0.4, 0.5) is 4.39 Å². The Balaban J connectivity index is 0.000000861. The maximum absolute atomic E-state index is 12.6. The van der Waals surface area contributed by atoms with Crippen LogP contribution in [0.15, 0.2) is 48.7 Å². The lowest BCUT2D eigenvalue weighted by Gasteiger charge is -2.03. The van der Waals surface area contributed by atoms with Crippen molar-refractivity contribution in [3.8, 4) is 0 Å². The Labute approximate surface area is 125 Å². The number of rotatable bonds is 3. The van der Waals surface area contributed by atoms with Gasteiger partial charge >= 0.3 is 5.97 Å². The van der Waals surface area contributed by atoms with Gasteiger partial charge in [-0.05, 0) is 41.3 Å². The van der Waals surface area contributed by atoms with Crippen LogP contribution >= 0.6 is 22.6 Å². The molecule has 0 unspecified atom stereocenters. The Morgan fingerprint density at radius 2 is 1.89 bits per heavy atom. The summed E-state index contributed by atoms with van der Waals surface area (Å²) in [6.07, 6.45) is 1.63. The largest absolute Gasteiger partial charge is 0.456 e. The molecule has 3 nitrogen and oxygen atoms in total. The second kappa shape index (κ2) is 8.58. The Morgan fingerprint density at radius 1 is 1.21 bits per heavy atom. The number of pyridine rings is 1. The fourth-order valence-corrected chi connectivity index (χ4v) is 1.29. The molecule has 100 valence electrons. The molecule has 0 spiro atoms. The number of ether oxygens (including phenoxy) is 1. The lowest BCUT2D eigenvalue weighted by Crippen LogP contribution is -2.05. The third-order valence-corrected chi connectivity index (χ3v) is 2.16. The monoisotopic (exact) mass is 373 g/mol. The molecule has 5 heteroatoms. The molecule has 1 aromatic heterocycles. The Kier molecular flexibility index (Phi) is 7.02. The summed E-state index contributed by atoms with van der Waals surface area (Å²) in [7, 11) is 0. The number of hydrogen-bond donors (Lipinski definition) is 0. The van der Waals surface area contributed by atoms with Crippen LogP contribution in [-0.4, -0.2) is 15.9 Å². The van der Waals surface area contributed by atoms with E-state index in [1.165, 1.54) is 24.3 Å². The van der Waals surface area contributed by atoms with Crippen molar-refractivity contribution in [3.05, 3.63) is 65.7 Å². The molecule has 0 saturated heterocycles. The minimum atomic E-state index is -0.490. The first-order valence-electron chi connectivity index (χ1n) is 5.46. The quantitative estimate of drug-likeness (QED) is 0.469. The SMILES string of the molecule is CI.O=C(OCc1ccccn1)c1ccc(F)cc1. The van der Waals surface area contributed by atoms with Crippen LogP contribution in [-0.2, 0) is 11.3 Å². The molecule has 0 fully saturated rings. The molecule has 1 aromatic carbocycles. The van der Waals surface area contributed by atoms with E-state index in [2.05, 4.69) is 27.6 Å². The first-order chi connectivity index (χ1) is 9.25. The van der Waals surface area contributed by atoms with Crippen LogP contribution in [0.3, 0.4) is 0 Å². The van der Waals surface area contributed by atoms with Crippen LogP contribution in [0.2, 0.25) is 0 Å². The number of benzene rings is 1. The van der Waals surface area contributed by atoms with Crippen molar-refractivity contribution in [2.75, 3.05) is 4.93 Å². The number of carbonyl (C=O) groups is 1. The van der Waals surface area contributed by atoms with E-state index in [0.29, 0.717) is 11.3 Å². The molecule has 0 atom stereocenters. The molecule has 0 aliphatic rings. The van der Waals surface area contributed by atoms with Crippen LogP contribution in [0.1, 0.15) is 16.1 Å². The standard InChI is InChI=1S/C13H10FNO2.CH3I/c14-11-6-4-10(5-7-11)13(16)17-9-12-3-1-2-8-15-12;1-2/h1-8H,9H2;1H3. The highest BCUT2D eigenvalue weighted by Crippen LogP contribution is 2.06. The minimum Gasteiger partial charge on any atom is -0.456 e. The summed E-state index contributed by atoms with van der Waals surface area (Å²) in [5.41, 5.74) is 0.991. The van der Waals surface area contributed by atoms with E-state index in [4.69, 9.17) is 4.74 Å². The van der Waals surface area contributed by atoms with Gasteiger partial charge in [-0.15, -0.1) is 0 Å². The molecule has 0 saturated carbocycles. The highest BCUT2D eigenvalue weighted by molar-refractivity contribution is 14.1. The lowest BCUT2D eigenvalue weighted by atomic mass is 10.2. The normalized spacial score (nSPS) is 9.21. The summed E-state index contributed by atoms with van der Waals surface area (Å²) < 4.78 is 17.7. The molecule has 2 aromatic rings. The average Bonchev–Trinajstić information content (AvgIpc) is 2.49. The summed E-state index contributed by atoms with van der Waals surface area (Å²) >= 11 is 2.15. The highest BCUT2D eigenvalue weighted by atomic mass is 127.